The van der Waals surface area contributed by atoms with Gasteiger partial charge < -0.3 is 19.2 Å². The number of fused-ring (bicyclic) bond motifs is 1. The van der Waals surface area contributed by atoms with Crippen LogP contribution in [0.2, 0.25) is 0 Å². The number of methoxy groups -OCH3 is 1. The normalized spacial score (nSPS) is 11.1. The first-order valence-electron chi connectivity index (χ1n) is 11.0. The maximum atomic E-state index is 13.5. The van der Waals surface area contributed by atoms with Gasteiger partial charge in [-0.25, -0.2) is 14.6 Å². The SMILES string of the molecule is COc1ccc(Oc2ncccc2NC(=O)c2cc(-c3ccco3)nc3c2cnn3C(C)C)cc1. The molecule has 9 nitrogen and oxygen atoms in total. The average molecular weight is 470 g/mol. The van der Waals surface area contributed by atoms with Crippen LogP contribution >= 0.6 is 0 Å². The van der Waals surface area contributed by atoms with Gasteiger partial charge >= 0.3 is 0 Å². The molecule has 0 bridgehead atoms. The lowest BCUT2D eigenvalue weighted by atomic mass is 10.1. The number of ether oxygens (including phenoxy) is 2. The molecule has 9 heteroatoms. The van der Waals surface area contributed by atoms with Crippen LogP contribution < -0.4 is 14.8 Å². The number of hydrogen-bond donors (Lipinski definition) is 1. The lowest BCUT2D eigenvalue weighted by Gasteiger charge is -2.13. The highest BCUT2D eigenvalue weighted by Gasteiger charge is 2.20. The molecular weight excluding hydrogens is 446 g/mol. The summed E-state index contributed by atoms with van der Waals surface area (Å²) in [6.07, 6.45) is 4.82. The Kier molecular flexibility index (Phi) is 5.88. The van der Waals surface area contributed by atoms with Crippen LogP contribution in [0.5, 0.6) is 17.4 Å². The van der Waals surface area contributed by atoms with E-state index in [1.165, 1.54) is 0 Å². The number of nitrogens with one attached hydrogen (secondary N) is 1. The van der Waals surface area contributed by atoms with Crippen LogP contribution in [0, 0.1) is 0 Å². The van der Waals surface area contributed by atoms with Gasteiger partial charge in [0.2, 0.25) is 5.88 Å². The first-order chi connectivity index (χ1) is 17.0. The molecule has 176 valence electrons. The van der Waals surface area contributed by atoms with Crippen LogP contribution in [0.3, 0.4) is 0 Å². The van der Waals surface area contributed by atoms with E-state index in [1.807, 2.05) is 13.8 Å². The molecule has 0 fully saturated rings. The Morgan fingerprint density at radius 3 is 2.60 bits per heavy atom. The van der Waals surface area contributed by atoms with Gasteiger partial charge in [-0.05, 0) is 68.4 Å². The van der Waals surface area contributed by atoms with Crippen LogP contribution in [0.25, 0.3) is 22.5 Å². The molecule has 0 saturated carbocycles. The number of benzene rings is 1. The number of anilines is 1. The number of aromatic nitrogens is 4. The van der Waals surface area contributed by atoms with Crippen molar-refractivity contribution in [2.24, 2.45) is 0 Å². The summed E-state index contributed by atoms with van der Waals surface area (Å²) in [6.45, 7) is 4.01. The van der Waals surface area contributed by atoms with Gasteiger partial charge in [0.05, 0.1) is 30.5 Å². The summed E-state index contributed by atoms with van der Waals surface area (Å²) >= 11 is 0. The van der Waals surface area contributed by atoms with Gasteiger partial charge in [0.25, 0.3) is 5.91 Å². The number of carbonyl (C=O) groups is 1. The molecule has 0 saturated heterocycles. The molecule has 35 heavy (non-hydrogen) atoms. The van der Waals surface area contributed by atoms with E-state index < -0.39 is 0 Å². The number of pyridine rings is 2. The van der Waals surface area contributed by atoms with Crippen molar-refractivity contribution in [1.82, 2.24) is 19.7 Å². The van der Waals surface area contributed by atoms with Crippen LogP contribution in [0.1, 0.15) is 30.2 Å². The maximum absolute atomic E-state index is 13.5. The fourth-order valence-electron chi connectivity index (χ4n) is 3.65. The second-order valence-electron chi connectivity index (χ2n) is 8.04. The topological polar surface area (TPSA) is 104 Å². The molecule has 5 aromatic rings. The minimum atomic E-state index is -0.346. The quantitative estimate of drug-likeness (QED) is 0.325. The van der Waals surface area contributed by atoms with E-state index in [9.17, 15) is 4.79 Å². The third-order valence-electron chi connectivity index (χ3n) is 5.37. The highest BCUT2D eigenvalue weighted by Crippen LogP contribution is 2.31. The Hall–Kier alpha value is -4.66. The van der Waals surface area contributed by atoms with Crippen molar-refractivity contribution in [2.45, 2.75) is 19.9 Å². The second-order valence-corrected chi connectivity index (χ2v) is 8.04. The zero-order chi connectivity index (χ0) is 24.4. The summed E-state index contributed by atoms with van der Waals surface area (Å²) in [5.41, 5.74) is 1.97. The van der Waals surface area contributed by atoms with Crippen molar-refractivity contribution < 1.29 is 18.7 Å². The molecule has 1 N–H and O–H groups in total. The predicted octanol–water partition coefficient (Wildman–Crippen LogP) is 5.72. The van der Waals surface area contributed by atoms with E-state index in [1.54, 1.807) is 85.0 Å². The van der Waals surface area contributed by atoms with Gasteiger partial charge in [-0.1, -0.05) is 0 Å². The maximum Gasteiger partial charge on any atom is 0.256 e. The largest absolute Gasteiger partial charge is 0.497 e. The van der Waals surface area contributed by atoms with Crippen LogP contribution in [-0.2, 0) is 0 Å². The average Bonchev–Trinajstić information content (AvgIpc) is 3.55. The monoisotopic (exact) mass is 469 g/mol. The minimum absolute atomic E-state index is 0.0607. The van der Waals surface area contributed by atoms with E-state index in [4.69, 9.17) is 18.9 Å². The van der Waals surface area contributed by atoms with Crippen LogP contribution in [0.4, 0.5) is 5.69 Å². The van der Waals surface area contributed by atoms with Gasteiger partial charge in [-0.3, -0.25) is 4.79 Å². The van der Waals surface area contributed by atoms with E-state index in [0.29, 0.717) is 45.2 Å². The second kappa shape index (κ2) is 9.30. The van der Waals surface area contributed by atoms with Crippen molar-refractivity contribution in [1.29, 1.82) is 0 Å². The molecule has 1 aromatic carbocycles. The summed E-state index contributed by atoms with van der Waals surface area (Å²) < 4.78 is 18.4. The van der Waals surface area contributed by atoms with Crippen molar-refractivity contribution in [3.05, 3.63) is 78.8 Å². The summed E-state index contributed by atoms with van der Waals surface area (Å²) in [5.74, 6) is 1.75. The number of nitrogens with zero attached hydrogens (tertiary/aromatic N) is 4. The van der Waals surface area contributed by atoms with E-state index in [0.717, 1.165) is 0 Å². The fraction of sp³-hybridized carbons (Fsp3) is 0.154. The number of amides is 1. The Labute approximate surface area is 201 Å². The molecule has 0 radical (unpaired) electrons. The smallest absolute Gasteiger partial charge is 0.256 e. The molecule has 0 atom stereocenters. The van der Waals surface area contributed by atoms with E-state index in [-0.39, 0.29) is 17.8 Å². The lowest BCUT2D eigenvalue weighted by molar-refractivity contribution is 0.102. The molecule has 1 amide bonds. The van der Waals surface area contributed by atoms with Crippen molar-refractivity contribution >= 4 is 22.6 Å². The zero-order valence-corrected chi connectivity index (χ0v) is 19.4. The summed E-state index contributed by atoms with van der Waals surface area (Å²) in [4.78, 5) is 22.5. The fourth-order valence-corrected chi connectivity index (χ4v) is 3.65. The van der Waals surface area contributed by atoms with Crippen molar-refractivity contribution in [3.8, 4) is 28.8 Å². The minimum Gasteiger partial charge on any atom is -0.497 e. The molecule has 0 unspecified atom stereocenters. The Morgan fingerprint density at radius 2 is 1.89 bits per heavy atom. The molecule has 4 aromatic heterocycles. The molecule has 0 aliphatic carbocycles. The van der Waals surface area contributed by atoms with Gasteiger partial charge in [0.1, 0.15) is 22.9 Å². The van der Waals surface area contributed by atoms with Gasteiger partial charge in [-0.2, -0.15) is 5.10 Å². The molecule has 0 spiro atoms. The molecular formula is C26H23N5O4. The molecule has 5 rings (SSSR count). The summed E-state index contributed by atoms with van der Waals surface area (Å²) in [7, 11) is 1.60. The Morgan fingerprint density at radius 1 is 1.09 bits per heavy atom. The van der Waals surface area contributed by atoms with Crippen molar-refractivity contribution in [3.63, 3.8) is 0 Å². The first-order valence-corrected chi connectivity index (χ1v) is 11.0. The zero-order valence-electron chi connectivity index (χ0n) is 19.4. The van der Waals surface area contributed by atoms with Gasteiger partial charge in [-0.15, -0.1) is 0 Å². The highest BCUT2D eigenvalue weighted by molar-refractivity contribution is 6.13. The Bertz CT molecular complexity index is 1470. The van der Waals surface area contributed by atoms with Gasteiger partial charge in [0.15, 0.2) is 11.4 Å². The first kappa shape index (κ1) is 22.1. The summed E-state index contributed by atoms with van der Waals surface area (Å²) in [6, 6.07) is 15.9. The Balaban J connectivity index is 1.50. The third kappa shape index (κ3) is 4.43. The predicted molar refractivity (Wildman–Crippen MR) is 131 cm³/mol. The van der Waals surface area contributed by atoms with E-state index >= 15 is 0 Å². The van der Waals surface area contributed by atoms with E-state index in [2.05, 4.69) is 15.4 Å². The highest BCUT2D eigenvalue weighted by atomic mass is 16.5. The number of rotatable bonds is 7. The number of hydrogen-bond acceptors (Lipinski definition) is 7. The standard InChI is InChI=1S/C26H23N5O4/c1-16(2)31-24-20(15-28-31)19(14-22(29-24)23-7-5-13-34-23)25(32)30-21-6-4-12-27-26(21)35-18-10-8-17(33-3)9-11-18/h4-16H,1-3H3,(H,30,32). The van der Waals surface area contributed by atoms with Gasteiger partial charge in [0, 0.05) is 12.2 Å². The van der Waals surface area contributed by atoms with Crippen LogP contribution in [-0.4, -0.2) is 32.8 Å². The molecule has 0 aliphatic heterocycles. The molecule has 4 heterocycles. The molecule has 0 aliphatic rings. The third-order valence-corrected chi connectivity index (χ3v) is 5.37. The number of carbonyl (C=O) groups excluding carboxylic acids is 1. The summed E-state index contributed by atoms with van der Waals surface area (Å²) in [5, 5.41) is 8.01. The van der Waals surface area contributed by atoms with Crippen LogP contribution in [0.15, 0.2) is 77.7 Å². The number of furan rings is 1. The van der Waals surface area contributed by atoms with Crippen molar-refractivity contribution in [2.75, 3.05) is 12.4 Å². The lowest BCUT2D eigenvalue weighted by Crippen LogP contribution is -2.14.